The minimum Gasteiger partial charge on any atom is -0.478 e. The van der Waals surface area contributed by atoms with Crippen LogP contribution in [0.3, 0.4) is 0 Å². The van der Waals surface area contributed by atoms with Crippen LogP contribution in [0.1, 0.15) is 15.9 Å². The fraction of sp³-hybridized carbons (Fsp3) is 0.0870. The summed E-state index contributed by atoms with van der Waals surface area (Å²) in [6, 6.07) is 15.0. The molecule has 0 aliphatic carbocycles. The minimum absolute atomic E-state index is 0.00572. The Morgan fingerprint density at radius 1 is 1.06 bits per heavy atom. The first kappa shape index (κ1) is 22.7. The van der Waals surface area contributed by atoms with Crippen LogP contribution in [0.2, 0.25) is 5.02 Å². The topological polar surface area (TPSA) is 128 Å². The summed E-state index contributed by atoms with van der Waals surface area (Å²) in [5, 5.41) is 12.6. The van der Waals surface area contributed by atoms with E-state index in [0.29, 0.717) is 16.5 Å². The Hall–Kier alpha value is -4.44. The highest BCUT2D eigenvalue weighted by molar-refractivity contribution is 6.30. The lowest BCUT2D eigenvalue weighted by atomic mass is 10.2. The summed E-state index contributed by atoms with van der Waals surface area (Å²) in [7, 11) is 1.36. The molecular weight excluding hydrogens is 462 g/mol. The highest BCUT2D eigenvalue weighted by atomic mass is 35.5. The summed E-state index contributed by atoms with van der Waals surface area (Å²) in [5.41, 5.74) is 0.144. The molecule has 4 rings (SSSR count). The number of nitrogens with one attached hydrogen (secondary N) is 1. The zero-order valence-electron chi connectivity index (χ0n) is 17.8. The van der Waals surface area contributed by atoms with E-state index < -0.39 is 17.3 Å². The highest BCUT2D eigenvalue weighted by Gasteiger charge is 2.12. The normalized spacial score (nSPS) is 10.6. The van der Waals surface area contributed by atoms with Crippen molar-refractivity contribution < 1.29 is 14.6 Å². The summed E-state index contributed by atoms with van der Waals surface area (Å²) in [5.74, 6) is -0.324. The SMILES string of the molecule is Cn1c(=O)nc(Nc2ccc(Oc3cncc(C(=O)O)c3)cc2)n(Cc2ccc(Cl)cc2)c1=O. The maximum atomic E-state index is 12.8. The zero-order valence-corrected chi connectivity index (χ0v) is 18.6. The largest absolute Gasteiger partial charge is 0.478 e. The van der Waals surface area contributed by atoms with Gasteiger partial charge >= 0.3 is 17.3 Å². The summed E-state index contributed by atoms with van der Waals surface area (Å²) in [6.07, 6.45) is 2.63. The predicted octanol–water partition coefficient (Wildman–Crippen LogP) is 3.27. The van der Waals surface area contributed by atoms with Gasteiger partial charge in [-0.2, -0.15) is 4.98 Å². The van der Waals surface area contributed by atoms with Crippen LogP contribution >= 0.6 is 11.6 Å². The number of carboxylic acids is 1. The maximum absolute atomic E-state index is 12.8. The second kappa shape index (κ2) is 9.59. The fourth-order valence-electron chi connectivity index (χ4n) is 3.05. The van der Waals surface area contributed by atoms with E-state index in [2.05, 4.69) is 15.3 Å². The number of aromatic carboxylic acids is 1. The van der Waals surface area contributed by atoms with Gasteiger partial charge < -0.3 is 15.2 Å². The maximum Gasteiger partial charge on any atom is 0.354 e. The summed E-state index contributed by atoms with van der Waals surface area (Å²) in [6.45, 7) is 0.174. The Morgan fingerprint density at radius 3 is 2.44 bits per heavy atom. The molecule has 0 saturated heterocycles. The third-order valence-electron chi connectivity index (χ3n) is 4.82. The number of aromatic nitrogens is 4. The molecule has 172 valence electrons. The standard InChI is InChI=1S/C23H18ClN5O5/c1-28-22(32)27-21(29(23(28)33)13-14-2-4-16(24)5-3-14)26-17-6-8-18(9-7-17)34-19-10-15(20(30)31)11-25-12-19/h2-12H,13H2,1H3,(H,30,31)(H,26,27,32). The molecule has 4 aromatic rings. The molecule has 2 aromatic heterocycles. The van der Waals surface area contributed by atoms with Gasteiger partial charge in [-0.05, 0) is 48.0 Å². The molecular formula is C23H18ClN5O5. The molecule has 2 N–H and O–H groups in total. The van der Waals surface area contributed by atoms with E-state index in [4.69, 9.17) is 21.4 Å². The fourth-order valence-corrected chi connectivity index (χ4v) is 3.18. The van der Waals surface area contributed by atoms with Gasteiger partial charge in [0.15, 0.2) is 0 Å². The highest BCUT2D eigenvalue weighted by Crippen LogP contribution is 2.24. The molecule has 0 saturated carbocycles. The average Bonchev–Trinajstić information content (AvgIpc) is 2.83. The van der Waals surface area contributed by atoms with Gasteiger partial charge in [-0.3, -0.25) is 9.55 Å². The van der Waals surface area contributed by atoms with Gasteiger partial charge in [0.1, 0.15) is 11.5 Å². The zero-order chi connectivity index (χ0) is 24.2. The summed E-state index contributed by atoms with van der Waals surface area (Å²) < 4.78 is 7.93. The molecule has 0 unspecified atom stereocenters. The first-order chi connectivity index (χ1) is 16.3. The lowest BCUT2D eigenvalue weighted by molar-refractivity contribution is 0.0696. The van der Waals surface area contributed by atoms with Crippen LogP contribution in [0.25, 0.3) is 0 Å². The first-order valence-corrected chi connectivity index (χ1v) is 10.3. The number of rotatable bonds is 7. The average molecular weight is 480 g/mol. The smallest absolute Gasteiger partial charge is 0.354 e. The molecule has 0 aliphatic rings. The van der Waals surface area contributed by atoms with Gasteiger partial charge in [0, 0.05) is 24.0 Å². The number of ether oxygens (including phenoxy) is 1. The lowest BCUT2D eigenvalue weighted by Crippen LogP contribution is -2.41. The van der Waals surface area contributed by atoms with E-state index in [9.17, 15) is 14.4 Å². The Kier molecular flexibility index (Phi) is 6.42. The van der Waals surface area contributed by atoms with E-state index in [-0.39, 0.29) is 23.8 Å². The number of pyridine rings is 1. The van der Waals surface area contributed by atoms with Gasteiger partial charge in [0.25, 0.3) is 0 Å². The lowest BCUT2D eigenvalue weighted by Gasteiger charge is -2.15. The van der Waals surface area contributed by atoms with E-state index in [1.807, 2.05) is 0 Å². The number of hydrogen-bond donors (Lipinski definition) is 2. The Labute approximate surface area is 197 Å². The van der Waals surface area contributed by atoms with Gasteiger partial charge in [-0.15, -0.1) is 0 Å². The number of carboxylic acid groups (broad SMARTS) is 1. The Balaban J connectivity index is 1.58. The molecule has 11 heteroatoms. The van der Waals surface area contributed by atoms with Crippen LogP contribution in [-0.2, 0) is 13.6 Å². The van der Waals surface area contributed by atoms with Gasteiger partial charge in [0.05, 0.1) is 18.3 Å². The number of nitrogens with zero attached hydrogens (tertiary/aromatic N) is 4. The monoisotopic (exact) mass is 479 g/mol. The Morgan fingerprint density at radius 2 is 1.76 bits per heavy atom. The predicted molar refractivity (Wildman–Crippen MR) is 125 cm³/mol. The number of benzene rings is 2. The van der Waals surface area contributed by atoms with Gasteiger partial charge in [-0.1, -0.05) is 23.7 Å². The van der Waals surface area contributed by atoms with Crippen LogP contribution in [-0.4, -0.2) is 30.2 Å². The molecule has 0 radical (unpaired) electrons. The molecule has 0 bridgehead atoms. The van der Waals surface area contributed by atoms with Crippen LogP contribution in [0.5, 0.6) is 11.5 Å². The van der Waals surface area contributed by atoms with E-state index >= 15 is 0 Å². The molecule has 2 aromatic carbocycles. The van der Waals surface area contributed by atoms with E-state index in [1.54, 1.807) is 48.5 Å². The second-order valence-corrected chi connectivity index (χ2v) is 7.67. The molecule has 34 heavy (non-hydrogen) atoms. The van der Waals surface area contributed by atoms with Gasteiger partial charge in [0.2, 0.25) is 5.95 Å². The van der Waals surface area contributed by atoms with Crippen molar-refractivity contribution in [2.24, 2.45) is 7.05 Å². The quantitative estimate of drug-likeness (QED) is 0.413. The van der Waals surface area contributed by atoms with Crippen LogP contribution < -0.4 is 21.4 Å². The van der Waals surface area contributed by atoms with Crippen molar-refractivity contribution in [3.63, 3.8) is 0 Å². The van der Waals surface area contributed by atoms with Crippen molar-refractivity contribution in [1.82, 2.24) is 19.1 Å². The van der Waals surface area contributed by atoms with Crippen LogP contribution in [0.15, 0.2) is 76.6 Å². The Bertz CT molecular complexity index is 1460. The summed E-state index contributed by atoms with van der Waals surface area (Å²) in [4.78, 5) is 43.8. The van der Waals surface area contributed by atoms with E-state index in [0.717, 1.165) is 10.1 Å². The van der Waals surface area contributed by atoms with Crippen molar-refractivity contribution in [1.29, 1.82) is 0 Å². The van der Waals surface area contributed by atoms with E-state index in [1.165, 1.54) is 30.1 Å². The van der Waals surface area contributed by atoms with Crippen molar-refractivity contribution in [2.45, 2.75) is 6.54 Å². The molecule has 10 nitrogen and oxygen atoms in total. The molecule has 2 heterocycles. The van der Waals surface area contributed by atoms with Crippen molar-refractivity contribution in [3.8, 4) is 11.5 Å². The summed E-state index contributed by atoms with van der Waals surface area (Å²) >= 11 is 5.94. The third kappa shape index (κ3) is 5.13. The molecule has 0 amide bonds. The molecule has 0 atom stereocenters. The minimum atomic E-state index is -1.11. The number of hydrogen-bond acceptors (Lipinski definition) is 7. The number of anilines is 2. The number of carbonyl (C=O) groups is 1. The van der Waals surface area contributed by atoms with Crippen molar-refractivity contribution >= 4 is 29.2 Å². The number of halogens is 1. The van der Waals surface area contributed by atoms with Gasteiger partial charge in [-0.25, -0.2) is 19.0 Å². The first-order valence-electron chi connectivity index (χ1n) is 9.96. The molecule has 0 fully saturated rings. The van der Waals surface area contributed by atoms with Crippen LogP contribution in [0.4, 0.5) is 11.6 Å². The second-order valence-electron chi connectivity index (χ2n) is 7.24. The van der Waals surface area contributed by atoms with Crippen molar-refractivity contribution in [3.05, 3.63) is 104 Å². The molecule has 0 spiro atoms. The van der Waals surface area contributed by atoms with Crippen molar-refractivity contribution in [2.75, 3.05) is 5.32 Å². The molecule has 0 aliphatic heterocycles. The third-order valence-corrected chi connectivity index (χ3v) is 5.07. The van der Waals surface area contributed by atoms with Crippen LogP contribution in [0, 0.1) is 0 Å².